The summed E-state index contributed by atoms with van der Waals surface area (Å²) in [5, 5.41) is 10.2. The van der Waals surface area contributed by atoms with E-state index in [0.29, 0.717) is 22.4 Å². The summed E-state index contributed by atoms with van der Waals surface area (Å²) in [7, 11) is 0. The Hall–Kier alpha value is -2.80. The van der Waals surface area contributed by atoms with Crippen molar-refractivity contribution in [1.82, 2.24) is 30.5 Å². The van der Waals surface area contributed by atoms with E-state index >= 15 is 0 Å². The smallest absolute Gasteiger partial charge is 0.253 e. The Morgan fingerprint density at radius 2 is 2.04 bits per heavy atom. The lowest BCUT2D eigenvalue weighted by atomic mass is 10.2. The van der Waals surface area contributed by atoms with Crippen LogP contribution in [0.15, 0.2) is 42.9 Å². The molecule has 23 heavy (non-hydrogen) atoms. The van der Waals surface area contributed by atoms with Gasteiger partial charge in [-0.15, -0.1) is 0 Å². The van der Waals surface area contributed by atoms with Crippen LogP contribution in [-0.4, -0.2) is 31.1 Å². The average Bonchev–Trinajstić information content (AvgIpc) is 3.06. The first-order chi connectivity index (χ1) is 11.1. The van der Waals surface area contributed by atoms with Gasteiger partial charge in [-0.05, 0) is 31.2 Å². The number of amides is 1. The van der Waals surface area contributed by atoms with Gasteiger partial charge in [0.2, 0.25) is 0 Å². The maximum Gasteiger partial charge on any atom is 0.253 e. The Bertz CT molecular complexity index is 802. The quantitative estimate of drug-likeness (QED) is 0.717. The van der Waals surface area contributed by atoms with Crippen molar-refractivity contribution in [1.29, 1.82) is 0 Å². The molecule has 3 aromatic rings. The molecule has 1 atom stereocenters. The van der Waals surface area contributed by atoms with Crippen LogP contribution in [0.4, 0.5) is 0 Å². The van der Waals surface area contributed by atoms with Gasteiger partial charge in [0.05, 0.1) is 11.6 Å². The third-order valence-corrected chi connectivity index (χ3v) is 3.41. The van der Waals surface area contributed by atoms with Crippen LogP contribution < -0.4 is 5.32 Å². The molecule has 7 nitrogen and oxygen atoms in total. The zero-order chi connectivity index (χ0) is 16.2. The normalized spacial score (nSPS) is 11.9. The maximum absolute atomic E-state index is 12.2. The molecular weight excluding hydrogens is 316 g/mol. The van der Waals surface area contributed by atoms with E-state index in [1.165, 1.54) is 6.20 Å². The second-order valence-corrected chi connectivity index (χ2v) is 5.23. The standard InChI is InChI=1S/C15H13ClN6O/c1-9(19-15(23)11-2-3-12(16)18-8-11)13-20-14(22-21-13)10-4-6-17-7-5-10/h2-9H,1H3,(H,19,23)(H,20,21,22)/t9-/m0/s1. The number of aromatic nitrogens is 5. The highest BCUT2D eigenvalue weighted by Crippen LogP contribution is 2.16. The van der Waals surface area contributed by atoms with Gasteiger partial charge in [0, 0.05) is 24.2 Å². The molecule has 0 aliphatic heterocycles. The summed E-state index contributed by atoms with van der Waals surface area (Å²) >= 11 is 5.71. The van der Waals surface area contributed by atoms with E-state index in [4.69, 9.17) is 11.6 Å². The van der Waals surface area contributed by atoms with E-state index in [-0.39, 0.29) is 11.9 Å². The monoisotopic (exact) mass is 328 g/mol. The van der Waals surface area contributed by atoms with Crippen molar-refractivity contribution in [3.63, 3.8) is 0 Å². The molecule has 0 aromatic carbocycles. The van der Waals surface area contributed by atoms with Crippen molar-refractivity contribution in [3.05, 3.63) is 59.4 Å². The van der Waals surface area contributed by atoms with Crippen LogP contribution in [0.3, 0.4) is 0 Å². The highest BCUT2D eigenvalue weighted by molar-refractivity contribution is 6.29. The Kier molecular flexibility index (Phi) is 4.29. The highest BCUT2D eigenvalue weighted by atomic mass is 35.5. The van der Waals surface area contributed by atoms with Crippen LogP contribution in [0.25, 0.3) is 11.4 Å². The van der Waals surface area contributed by atoms with Gasteiger partial charge in [-0.2, -0.15) is 5.10 Å². The Balaban J connectivity index is 1.71. The summed E-state index contributed by atoms with van der Waals surface area (Å²) in [6, 6.07) is 6.48. The molecule has 0 bridgehead atoms. The minimum Gasteiger partial charge on any atom is -0.342 e. The summed E-state index contributed by atoms with van der Waals surface area (Å²) < 4.78 is 0. The number of hydrogen-bond acceptors (Lipinski definition) is 5. The number of rotatable bonds is 4. The van der Waals surface area contributed by atoms with E-state index in [0.717, 1.165) is 5.56 Å². The summed E-state index contributed by atoms with van der Waals surface area (Å²) in [5.74, 6) is 0.854. The van der Waals surface area contributed by atoms with Crippen LogP contribution >= 0.6 is 11.6 Å². The van der Waals surface area contributed by atoms with Gasteiger partial charge < -0.3 is 5.32 Å². The van der Waals surface area contributed by atoms with Gasteiger partial charge in [0.1, 0.15) is 11.0 Å². The molecule has 0 aliphatic carbocycles. The van der Waals surface area contributed by atoms with Gasteiger partial charge in [-0.25, -0.2) is 9.97 Å². The molecule has 0 saturated carbocycles. The first kappa shape index (κ1) is 15.1. The molecule has 1 amide bonds. The fourth-order valence-electron chi connectivity index (χ4n) is 1.96. The molecule has 0 saturated heterocycles. The fourth-order valence-corrected chi connectivity index (χ4v) is 2.07. The number of hydrogen-bond donors (Lipinski definition) is 2. The Labute approximate surface area is 137 Å². The van der Waals surface area contributed by atoms with Crippen LogP contribution in [0.5, 0.6) is 0 Å². The number of nitrogens with one attached hydrogen (secondary N) is 2. The fraction of sp³-hybridized carbons (Fsp3) is 0.133. The van der Waals surface area contributed by atoms with Crippen molar-refractivity contribution in [2.75, 3.05) is 0 Å². The van der Waals surface area contributed by atoms with E-state index < -0.39 is 0 Å². The number of pyridine rings is 2. The summed E-state index contributed by atoms with van der Waals surface area (Å²) in [6.45, 7) is 1.82. The highest BCUT2D eigenvalue weighted by Gasteiger charge is 2.16. The maximum atomic E-state index is 12.2. The number of nitrogens with zero attached hydrogens (tertiary/aromatic N) is 4. The van der Waals surface area contributed by atoms with Gasteiger partial charge in [-0.1, -0.05) is 11.6 Å². The van der Waals surface area contributed by atoms with E-state index in [1.807, 2.05) is 19.1 Å². The first-order valence-electron chi connectivity index (χ1n) is 6.88. The Morgan fingerprint density at radius 1 is 1.26 bits per heavy atom. The van der Waals surface area contributed by atoms with Crippen LogP contribution in [0.2, 0.25) is 5.15 Å². The number of carbonyl (C=O) groups excluding carboxylic acids is 1. The lowest BCUT2D eigenvalue weighted by Crippen LogP contribution is -2.27. The predicted octanol–water partition coefficient (Wildman–Crippen LogP) is 2.41. The van der Waals surface area contributed by atoms with Gasteiger partial charge >= 0.3 is 0 Å². The number of H-pyrrole nitrogens is 1. The average molecular weight is 329 g/mol. The second-order valence-electron chi connectivity index (χ2n) is 4.84. The number of aromatic amines is 1. The minimum absolute atomic E-state index is 0.261. The SMILES string of the molecule is C[C@H](NC(=O)c1ccc(Cl)nc1)c1nc(-c2ccncc2)n[nH]1. The van der Waals surface area contributed by atoms with Crippen molar-refractivity contribution < 1.29 is 4.79 Å². The molecule has 116 valence electrons. The molecule has 0 unspecified atom stereocenters. The zero-order valence-electron chi connectivity index (χ0n) is 12.2. The second kappa shape index (κ2) is 6.53. The number of halogens is 1. The molecule has 0 radical (unpaired) electrons. The summed E-state index contributed by atoms with van der Waals surface area (Å²) in [6.07, 6.45) is 4.77. The molecule has 3 heterocycles. The van der Waals surface area contributed by atoms with Crippen molar-refractivity contribution in [2.45, 2.75) is 13.0 Å². The molecular formula is C15H13ClN6O. The van der Waals surface area contributed by atoms with Gasteiger partial charge in [-0.3, -0.25) is 14.9 Å². The molecule has 0 spiro atoms. The van der Waals surface area contributed by atoms with Gasteiger partial charge in [0.15, 0.2) is 5.82 Å². The molecule has 2 N–H and O–H groups in total. The molecule has 0 aliphatic rings. The third-order valence-electron chi connectivity index (χ3n) is 3.19. The molecule has 3 aromatic heterocycles. The predicted molar refractivity (Wildman–Crippen MR) is 84.7 cm³/mol. The van der Waals surface area contributed by atoms with E-state index in [1.54, 1.807) is 24.5 Å². The lowest BCUT2D eigenvalue weighted by molar-refractivity contribution is 0.0938. The lowest BCUT2D eigenvalue weighted by Gasteiger charge is -2.10. The molecule has 3 rings (SSSR count). The van der Waals surface area contributed by atoms with Crippen LogP contribution in [-0.2, 0) is 0 Å². The summed E-state index contributed by atoms with van der Waals surface area (Å²) in [4.78, 5) is 24.4. The first-order valence-corrected chi connectivity index (χ1v) is 7.26. The zero-order valence-corrected chi connectivity index (χ0v) is 12.9. The summed E-state index contributed by atoms with van der Waals surface area (Å²) in [5.41, 5.74) is 1.28. The molecule has 8 heteroatoms. The third kappa shape index (κ3) is 3.51. The van der Waals surface area contributed by atoms with Crippen LogP contribution in [0, 0.1) is 0 Å². The molecule has 0 fully saturated rings. The van der Waals surface area contributed by atoms with Crippen molar-refractivity contribution in [3.8, 4) is 11.4 Å². The van der Waals surface area contributed by atoms with Gasteiger partial charge in [0.25, 0.3) is 5.91 Å². The van der Waals surface area contributed by atoms with E-state index in [2.05, 4.69) is 30.5 Å². The van der Waals surface area contributed by atoms with Crippen LogP contribution in [0.1, 0.15) is 29.1 Å². The minimum atomic E-state index is -0.332. The Morgan fingerprint density at radius 3 is 2.74 bits per heavy atom. The largest absolute Gasteiger partial charge is 0.342 e. The topological polar surface area (TPSA) is 96.5 Å². The van der Waals surface area contributed by atoms with Crippen molar-refractivity contribution >= 4 is 17.5 Å². The van der Waals surface area contributed by atoms with E-state index in [9.17, 15) is 4.79 Å². The van der Waals surface area contributed by atoms with Crippen molar-refractivity contribution in [2.24, 2.45) is 0 Å². The number of carbonyl (C=O) groups is 1.